The Morgan fingerprint density at radius 2 is 1.79 bits per heavy atom. The van der Waals surface area contributed by atoms with Crippen molar-refractivity contribution in [2.75, 3.05) is 15.8 Å². The highest BCUT2D eigenvalue weighted by Crippen LogP contribution is 2.30. The van der Waals surface area contributed by atoms with Crippen LogP contribution < -0.4 is 15.8 Å². The summed E-state index contributed by atoms with van der Waals surface area (Å²) < 4.78 is 55.7. The summed E-state index contributed by atoms with van der Waals surface area (Å²) in [7, 11) is -3.64. The van der Waals surface area contributed by atoms with E-state index < -0.39 is 38.3 Å². The lowest BCUT2D eigenvalue weighted by molar-refractivity contribution is 0.103. The minimum atomic E-state index is -3.64. The summed E-state index contributed by atoms with van der Waals surface area (Å²) in [6, 6.07) is 11.7. The number of carbonyl (C=O) groups is 1. The Labute approximate surface area is 192 Å². The number of benzene rings is 2. The first kappa shape index (κ1) is 22.6. The molecule has 0 aliphatic heterocycles. The largest absolute Gasteiger partial charge is 0.382 e. The van der Waals surface area contributed by atoms with E-state index in [1.807, 2.05) is 0 Å². The molecule has 0 fully saturated rings. The van der Waals surface area contributed by atoms with E-state index in [1.54, 1.807) is 42.5 Å². The number of hydrogen-bond donors (Lipinski definition) is 3. The third kappa shape index (κ3) is 4.94. The van der Waals surface area contributed by atoms with Gasteiger partial charge in [0.25, 0.3) is 0 Å². The highest BCUT2D eigenvalue weighted by molar-refractivity contribution is 7.93. The summed E-state index contributed by atoms with van der Waals surface area (Å²) in [5, 5.41) is 2.40. The van der Waals surface area contributed by atoms with Gasteiger partial charge in [-0.15, -0.1) is 0 Å². The van der Waals surface area contributed by atoms with Crippen molar-refractivity contribution in [3.8, 4) is 0 Å². The highest BCUT2D eigenvalue weighted by Gasteiger charge is 2.26. The topological polar surface area (TPSA) is 114 Å². The number of carbonyl (C=O) groups excluding carboxylic acids is 1. The Morgan fingerprint density at radius 3 is 2.42 bits per heavy atom. The molecule has 0 bridgehead atoms. The summed E-state index contributed by atoms with van der Waals surface area (Å²) in [6.07, 6.45) is 4.98. The Balaban J connectivity index is 1.45. The van der Waals surface area contributed by atoms with Crippen LogP contribution in [0.3, 0.4) is 0 Å². The molecular formula is C22H18F2N4O3S2. The summed E-state index contributed by atoms with van der Waals surface area (Å²) >= 11 is 0.846. The first-order chi connectivity index (χ1) is 15.7. The molecule has 0 spiro atoms. The number of aromatic nitrogens is 1. The summed E-state index contributed by atoms with van der Waals surface area (Å²) in [5.41, 5.74) is 6.13. The van der Waals surface area contributed by atoms with E-state index in [9.17, 15) is 22.0 Å². The summed E-state index contributed by atoms with van der Waals surface area (Å²) in [6.45, 7) is 0. The van der Waals surface area contributed by atoms with Crippen molar-refractivity contribution in [1.82, 2.24) is 4.98 Å². The zero-order valence-electron chi connectivity index (χ0n) is 17.0. The normalized spacial score (nSPS) is 15.7. The van der Waals surface area contributed by atoms with Gasteiger partial charge >= 0.3 is 0 Å². The third-order valence-electron chi connectivity index (χ3n) is 4.79. The predicted octanol–water partition coefficient (Wildman–Crippen LogP) is 4.30. The Kier molecular flexibility index (Phi) is 6.25. The molecular weight excluding hydrogens is 470 g/mol. The van der Waals surface area contributed by atoms with Gasteiger partial charge < -0.3 is 11.1 Å². The van der Waals surface area contributed by atoms with Crippen molar-refractivity contribution in [1.29, 1.82) is 0 Å². The molecule has 2 aromatic carbocycles. The number of sulfonamides is 1. The fourth-order valence-corrected chi connectivity index (χ4v) is 5.27. The van der Waals surface area contributed by atoms with Gasteiger partial charge in [-0.05, 0) is 36.8 Å². The molecule has 0 radical (unpaired) electrons. The molecule has 170 valence electrons. The van der Waals surface area contributed by atoms with Crippen LogP contribution in [0.15, 0.2) is 72.5 Å². The molecule has 0 saturated carbocycles. The average molecular weight is 489 g/mol. The number of allylic oxidation sites excluding steroid dienone is 2. The van der Waals surface area contributed by atoms with E-state index in [1.165, 1.54) is 6.08 Å². The second kappa shape index (κ2) is 9.12. The molecule has 4 N–H and O–H groups in total. The number of nitrogens with zero attached hydrogens (tertiary/aromatic N) is 1. The van der Waals surface area contributed by atoms with Crippen molar-refractivity contribution < 1.29 is 22.0 Å². The zero-order valence-corrected chi connectivity index (χ0v) is 18.6. The van der Waals surface area contributed by atoms with Gasteiger partial charge in [0.1, 0.15) is 27.6 Å². The van der Waals surface area contributed by atoms with E-state index in [4.69, 9.17) is 5.73 Å². The first-order valence-corrected chi connectivity index (χ1v) is 12.1. The Morgan fingerprint density at radius 1 is 1.09 bits per heavy atom. The van der Waals surface area contributed by atoms with Gasteiger partial charge in [-0.3, -0.25) is 9.52 Å². The smallest absolute Gasteiger partial charge is 0.239 e. The van der Waals surface area contributed by atoms with Crippen LogP contribution in [0.4, 0.5) is 25.4 Å². The highest BCUT2D eigenvalue weighted by atomic mass is 32.2. The van der Waals surface area contributed by atoms with E-state index >= 15 is 0 Å². The van der Waals surface area contributed by atoms with Crippen molar-refractivity contribution in [3.63, 3.8) is 0 Å². The number of rotatable bonds is 7. The Hall–Kier alpha value is -3.57. The molecule has 3 aromatic rings. The second-order valence-corrected chi connectivity index (χ2v) is 9.99. The average Bonchev–Trinajstić information content (AvgIpc) is 3.14. The van der Waals surface area contributed by atoms with E-state index in [2.05, 4.69) is 15.0 Å². The van der Waals surface area contributed by atoms with Crippen LogP contribution in [0.2, 0.25) is 0 Å². The molecule has 0 saturated heterocycles. The molecule has 1 aromatic heterocycles. The van der Waals surface area contributed by atoms with Crippen molar-refractivity contribution >= 4 is 43.8 Å². The number of nitrogens with two attached hydrogens (primary N) is 1. The molecule has 0 amide bonds. The lowest BCUT2D eigenvalue weighted by Crippen LogP contribution is -2.27. The lowest BCUT2D eigenvalue weighted by Gasteiger charge is -2.18. The van der Waals surface area contributed by atoms with Crippen LogP contribution in [0.25, 0.3) is 0 Å². The summed E-state index contributed by atoms with van der Waals surface area (Å²) in [5.74, 6) is -3.05. The molecule has 11 heteroatoms. The quantitative estimate of drug-likeness (QED) is 0.427. The number of thiazole rings is 1. The fourth-order valence-electron chi connectivity index (χ4n) is 3.17. The van der Waals surface area contributed by atoms with Crippen molar-refractivity contribution in [2.45, 2.75) is 11.7 Å². The third-order valence-corrected chi connectivity index (χ3v) is 7.45. The molecule has 1 aliphatic carbocycles. The zero-order chi connectivity index (χ0) is 23.6. The van der Waals surface area contributed by atoms with Gasteiger partial charge in [0, 0.05) is 11.4 Å². The number of nitrogens with one attached hydrogen (secondary N) is 2. The lowest BCUT2D eigenvalue weighted by atomic mass is 10.1. The predicted molar refractivity (Wildman–Crippen MR) is 125 cm³/mol. The monoisotopic (exact) mass is 488 g/mol. The number of halogens is 2. The van der Waals surface area contributed by atoms with E-state index in [0.717, 1.165) is 29.5 Å². The number of nitrogen functional groups attached to an aromatic ring is 1. The second-order valence-electron chi connectivity index (χ2n) is 7.09. The maximum Gasteiger partial charge on any atom is 0.239 e. The minimum Gasteiger partial charge on any atom is -0.382 e. The number of anilines is 3. The van der Waals surface area contributed by atoms with Crippen LogP contribution in [-0.2, 0) is 10.0 Å². The fraction of sp³-hybridized carbons (Fsp3) is 0.0909. The molecule has 7 nitrogen and oxygen atoms in total. The van der Waals surface area contributed by atoms with Crippen LogP contribution in [0.1, 0.15) is 21.7 Å². The number of para-hydroxylation sites is 1. The van der Waals surface area contributed by atoms with Gasteiger partial charge in [0.2, 0.25) is 15.8 Å². The Bertz CT molecular complexity index is 1350. The van der Waals surface area contributed by atoms with Crippen molar-refractivity contribution in [3.05, 3.63) is 94.5 Å². The standard InChI is InChI=1S/C22H18F2N4O3S2/c23-16-7-4-8-17(24)18(16)19(29)20-21(25)27-22(32-20)26-13-9-11-15(12-10-13)33(30,31)28-14-5-2-1-3-6-14/h1-11,15,28H,12,25H2,(H,26,27). The molecule has 1 atom stereocenters. The maximum absolute atomic E-state index is 14.0. The van der Waals surface area contributed by atoms with Crippen LogP contribution in [-0.4, -0.2) is 24.4 Å². The minimum absolute atomic E-state index is 0.102. The van der Waals surface area contributed by atoms with E-state index in [0.29, 0.717) is 11.4 Å². The number of ketones is 1. The summed E-state index contributed by atoms with van der Waals surface area (Å²) in [4.78, 5) is 16.5. The maximum atomic E-state index is 14.0. The first-order valence-electron chi connectivity index (χ1n) is 9.71. The van der Waals surface area contributed by atoms with Gasteiger partial charge in [-0.2, -0.15) is 0 Å². The molecule has 1 unspecified atom stereocenters. The van der Waals surface area contributed by atoms with Crippen LogP contribution in [0, 0.1) is 11.6 Å². The van der Waals surface area contributed by atoms with Crippen LogP contribution in [0.5, 0.6) is 0 Å². The van der Waals surface area contributed by atoms with Gasteiger partial charge in [0.05, 0.1) is 5.56 Å². The molecule has 4 rings (SSSR count). The number of hydrogen-bond acceptors (Lipinski definition) is 7. The molecule has 1 aliphatic rings. The van der Waals surface area contributed by atoms with Crippen LogP contribution >= 0.6 is 11.3 Å². The van der Waals surface area contributed by atoms with Gasteiger partial charge in [-0.1, -0.05) is 47.8 Å². The van der Waals surface area contributed by atoms with Crippen molar-refractivity contribution in [2.24, 2.45) is 0 Å². The molecule has 1 heterocycles. The van der Waals surface area contributed by atoms with Gasteiger partial charge in [0.15, 0.2) is 5.13 Å². The molecule has 33 heavy (non-hydrogen) atoms. The van der Waals surface area contributed by atoms with E-state index in [-0.39, 0.29) is 22.2 Å². The SMILES string of the molecule is Nc1nc(NC2=CCC(S(=O)(=O)Nc3ccccc3)C=C2)sc1C(=O)c1c(F)cccc1F. The van der Waals surface area contributed by atoms with Gasteiger partial charge in [-0.25, -0.2) is 22.2 Å².